The maximum absolute atomic E-state index is 11.8. The molecule has 15 heavy (non-hydrogen) atoms. The molecule has 4 heteroatoms. The number of aromatic nitrogens is 1. The highest BCUT2D eigenvalue weighted by atomic mass is 32.2. The van der Waals surface area contributed by atoms with Gasteiger partial charge >= 0.3 is 0 Å². The maximum atomic E-state index is 11.8. The van der Waals surface area contributed by atoms with E-state index < -0.39 is 0 Å². The van der Waals surface area contributed by atoms with Crippen molar-refractivity contribution in [3.8, 4) is 0 Å². The first-order chi connectivity index (χ1) is 7.25. The van der Waals surface area contributed by atoms with Crippen LogP contribution in [0.25, 0.3) is 0 Å². The number of carbonyl (C=O) groups is 1. The summed E-state index contributed by atoms with van der Waals surface area (Å²) in [5.74, 6) is 2.18. The summed E-state index contributed by atoms with van der Waals surface area (Å²) in [6.07, 6.45) is 2.71. The zero-order valence-corrected chi connectivity index (χ0v) is 9.51. The number of nitrogens with zero attached hydrogens (tertiary/aromatic N) is 1. The molecule has 1 fully saturated rings. The van der Waals surface area contributed by atoms with Crippen LogP contribution >= 0.6 is 11.8 Å². The molecule has 0 aliphatic carbocycles. The van der Waals surface area contributed by atoms with Gasteiger partial charge in [0.15, 0.2) is 0 Å². The van der Waals surface area contributed by atoms with E-state index in [4.69, 9.17) is 0 Å². The number of hydrogen-bond donors (Lipinski definition) is 1. The van der Waals surface area contributed by atoms with E-state index in [1.54, 1.807) is 6.20 Å². The molecule has 0 bridgehead atoms. The van der Waals surface area contributed by atoms with Crippen molar-refractivity contribution in [3.63, 3.8) is 0 Å². The number of amides is 1. The van der Waals surface area contributed by atoms with Crippen LogP contribution in [0, 0.1) is 6.92 Å². The van der Waals surface area contributed by atoms with Crippen molar-refractivity contribution in [1.82, 2.24) is 10.3 Å². The van der Waals surface area contributed by atoms with Crippen LogP contribution in [0.1, 0.15) is 22.5 Å². The smallest absolute Gasteiger partial charge is 0.253 e. The van der Waals surface area contributed by atoms with Gasteiger partial charge in [0.2, 0.25) is 0 Å². The number of thioether (sulfide) groups is 1. The van der Waals surface area contributed by atoms with Gasteiger partial charge in [0.25, 0.3) is 5.91 Å². The van der Waals surface area contributed by atoms with E-state index in [2.05, 4.69) is 10.3 Å². The lowest BCUT2D eigenvalue weighted by atomic mass is 10.2. The van der Waals surface area contributed by atoms with Gasteiger partial charge in [-0.1, -0.05) is 0 Å². The second kappa shape index (κ2) is 4.66. The summed E-state index contributed by atoms with van der Waals surface area (Å²) in [7, 11) is 0. The van der Waals surface area contributed by atoms with Gasteiger partial charge in [0, 0.05) is 23.7 Å². The molecule has 3 nitrogen and oxygen atoms in total. The molecule has 0 radical (unpaired) electrons. The number of pyridine rings is 1. The lowest BCUT2D eigenvalue weighted by Gasteiger charge is -2.10. The van der Waals surface area contributed by atoms with Crippen LogP contribution in [0.4, 0.5) is 0 Å². The fraction of sp³-hybridized carbons (Fsp3) is 0.455. The van der Waals surface area contributed by atoms with Crippen molar-refractivity contribution in [2.45, 2.75) is 19.4 Å². The molecular formula is C11H14N2OS. The zero-order chi connectivity index (χ0) is 10.7. The minimum Gasteiger partial charge on any atom is -0.348 e. The lowest BCUT2D eigenvalue weighted by Crippen LogP contribution is -2.34. The number of nitrogens with one attached hydrogen (secondary N) is 1. The predicted molar refractivity (Wildman–Crippen MR) is 62.2 cm³/mol. The van der Waals surface area contributed by atoms with E-state index in [-0.39, 0.29) is 5.91 Å². The third kappa shape index (κ3) is 2.72. The monoisotopic (exact) mass is 222 g/mol. The van der Waals surface area contributed by atoms with Crippen molar-refractivity contribution in [1.29, 1.82) is 0 Å². The Labute approximate surface area is 93.7 Å². The van der Waals surface area contributed by atoms with Gasteiger partial charge in [0.05, 0.1) is 5.56 Å². The van der Waals surface area contributed by atoms with Crippen LogP contribution in [-0.4, -0.2) is 28.4 Å². The van der Waals surface area contributed by atoms with Gasteiger partial charge in [-0.25, -0.2) is 0 Å². The normalized spacial score (nSPS) is 20.2. The first kappa shape index (κ1) is 10.5. The molecule has 0 aromatic carbocycles. The Kier molecular flexibility index (Phi) is 3.26. The molecule has 0 spiro atoms. The Morgan fingerprint density at radius 3 is 3.07 bits per heavy atom. The average Bonchev–Trinajstić information content (AvgIpc) is 2.71. The van der Waals surface area contributed by atoms with E-state index >= 15 is 0 Å². The molecule has 1 aromatic rings. The second-order valence-corrected chi connectivity index (χ2v) is 4.87. The van der Waals surface area contributed by atoms with Crippen molar-refractivity contribution in [2.75, 3.05) is 11.5 Å². The zero-order valence-electron chi connectivity index (χ0n) is 8.69. The minimum absolute atomic E-state index is 0.00463. The number of hydrogen-bond acceptors (Lipinski definition) is 3. The molecule has 1 saturated heterocycles. The molecule has 1 aliphatic rings. The lowest BCUT2D eigenvalue weighted by molar-refractivity contribution is 0.0941. The van der Waals surface area contributed by atoms with Crippen LogP contribution in [0.15, 0.2) is 18.3 Å². The van der Waals surface area contributed by atoms with Crippen molar-refractivity contribution >= 4 is 17.7 Å². The van der Waals surface area contributed by atoms with E-state index in [1.165, 1.54) is 0 Å². The minimum atomic E-state index is -0.00463. The summed E-state index contributed by atoms with van der Waals surface area (Å²) in [5.41, 5.74) is 1.58. The summed E-state index contributed by atoms with van der Waals surface area (Å²) < 4.78 is 0. The fourth-order valence-corrected chi connectivity index (χ4v) is 2.67. The van der Waals surface area contributed by atoms with Gasteiger partial charge in [-0.05, 0) is 31.2 Å². The Hall–Kier alpha value is -1.03. The third-order valence-electron chi connectivity index (χ3n) is 2.44. The van der Waals surface area contributed by atoms with E-state index in [0.717, 1.165) is 23.6 Å². The largest absolute Gasteiger partial charge is 0.348 e. The fourth-order valence-electron chi connectivity index (χ4n) is 1.52. The first-order valence-corrected chi connectivity index (χ1v) is 6.22. The van der Waals surface area contributed by atoms with Crippen LogP contribution in [0.5, 0.6) is 0 Å². The van der Waals surface area contributed by atoms with Crippen molar-refractivity contribution < 1.29 is 4.79 Å². The summed E-state index contributed by atoms with van der Waals surface area (Å²) in [4.78, 5) is 15.9. The number of rotatable bonds is 2. The Balaban J connectivity index is 1.98. The number of aryl methyl sites for hydroxylation is 1. The van der Waals surface area contributed by atoms with Crippen molar-refractivity contribution in [2.24, 2.45) is 0 Å². The Bertz CT molecular complexity index is 344. The highest BCUT2D eigenvalue weighted by Crippen LogP contribution is 2.17. The molecule has 1 atom stereocenters. The van der Waals surface area contributed by atoms with Gasteiger partial charge in [-0.3, -0.25) is 9.78 Å². The van der Waals surface area contributed by atoms with E-state index in [1.807, 2.05) is 30.8 Å². The molecule has 1 N–H and O–H groups in total. The molecule has 80 valence electrons. The molecule has 1 aromatic heterocycles. The van der Waals surface area contributed by atoms with E-state index in [9.17, 15) is 4.79 Å². The van der Waals surface area contributed by atoms with Gasteiger partial charge in [-0.15, -0.1) is 0 Å². The second-order valence-electron chi connectivity index (χ2n) is 3.72. The standard InChI is InChI=1S/C11H14N2OS/c1-8-2-3-9(6-12-8)11(14)13-10-4-5-15-7-10/h2-3,6,10H,4-5,7H2,1H3,(H,13,14)/t10-/m0/s1. The molecule has 0 saturated carbocycles. The highest BCUT2D eigenvalue weighted by Gasteiger charge is 2.18. The quantitative estimate of drug-likeness (QED) is 0.827. The topological polar surface area (TPSA) is 42.0 Å². The SMILES string of the molecule is Cc1ccc(C(=O)N[C@H]2CCSC2)cn1. The first-order valence-electron chi connectivity index (χ1n) is 5.07. The Morgan fingerprint density at radius 1 is 1.60 bits per heavy atom. The van der Waals surface area contributed by atoms with Crippen LogP contribution in [0.2, 0.25) is 0 Å². The molecule has 1 amide bonds. The molecule has 2 heterocycles. The Morgan fingerprint density at radius 2 is 2.47 bits per heavy atom. The van der Waals surface area contributed by atoms with Crippen LogP contribution < -0.4 is 5.32 Å². The van der Waals surface area contributed by atoms with Gasteiger partial charge in [0.1, 0.15) is 0 Å². The van der Waals surface area contributed by atoms with Crippen LogP contribution in [0.3, 0.4) is 0 Å². The van der Waals surface area contributed by atoms with Gasteiger partial charge < -0.3 is 5.32 Å². The predicted octanol–water partition coefficient (Wildman–Crippen LogP) is 1.63. The molecule has 0 unspecified atom stereocenters. The summed E-state index contributed by atoms with van der Waals surface area (Å²) in [5, 5.41) is 3.01. The average molecular weight is 222 g/mol. The maximum Gasteiger partial charge on any atom is 0.253 e. The number of carbonyl (C=O) groups excluding carboxylic acids is 1. The summed E-state index contributed by atoms with van der Waals surface area (Å²) in [6, 6.07) is 4.02. The van der Waals surface area contributed by atoms with Crippen molar-refractivity contribution in [3.05, 3.63) is 29.6 Å². The molecular weight excluding hydrogens is 208 g/mol. The molecule has 1 aliphatic heterocycles. The van der Waals surface area contributed by atoms with Crippen LogP contribution in [-0.2, 0) is 0 Å². The summed E-state index contributed by atoms with van der Waals surface area (Å²) in [6.45, 7) is 1.91. The van der Waals surface area contributed by atoms with E-state index in [0.29, 0.717) is 11.6 Å². The summed E-state index contributed by atoms with van der Waals surface area (Å²) >= 11 is 1.89. The third-order valence-corrected chi connectivity index (χ3v) is 3.60. The molecule has 2 rings (SSSR count). The highest BCUT2D eigenvalue weighted by molar-refractivity contribution is 7.99. The van der Waals surface area contributed by atoms with Gasteiger partial charge in [-0.2, -0.15) is 11.8 Å².